The van der Waals surface area contributed by atoms with Crippen LogP contribution in [0.3, 0.4) is 0 Å². The minimum atomic E-state index is -4.65. The fourth-order valence-corrected chi connectivity index (χ4v) is 2.22. The van der Waals surface area contributed by atoms with E-state index in [-0.39, 0.29) is 5.75 Å². The van der Waals surface area contributed by atoms with Gasteiger partial charge in [-0.15, -0.1) is 13.2 Å². The minimum Gasteiger partial charge on any atom is -0.406 e. The van der Waals surface area contributed by atoms with Gasteiger partial charge in [0.2, 0.25) is 0 Å². The second kappa shape index (κ2) is 6.95. The molecule has 2 aromatic carbocycles. The largest absolute Gasteiger partial charge is 0.573 e. The van der Waals surface area contributed by atoms with E-state index in [1.54, 1.807) is 12.1 Å². The molecule has 21 heavy (non-hydrogen) atoms. The van der Waals surface area contributed by atoms with Crippen LogP contribution in [0.25, 0.3) is 0 Å². The molecule has 2 nitrogen and oxygen atoms in total. The third kappa shape index (κ3) is 5.40. The van der Waals surface area contributed by atoms with Crippen molar-refractivity contribution < 1.29 is 17.9 Å². The van der Waals surface area contributed by atoms with Crippen LogP contribution in [0.5, 0.6) is 5.75 Å². The Hall–Kier alpha value is -1.53. The standard InChI is InChI=1S/C15H13BrF3NO/c16-14-4-2-1-3-12(14)10-20-9-11-5-7-13(8-6-11)21-15(17,18)19/h1-8,20H,9-10H2. The van der Waals surface area contributed by atoms with Gasteiger partial charge in [-0.3, -0.25) is 0 Å². The second-order valence-corrected chi connectivity index (χ2v) is 5.24. The third-order valence-corrected chi connectivity index (χ3v) is 3.53. The van der Waals surface area contributed by atoms with Crippen molar-refractivity contribution in [2.75, 3.05) is 0 Å². The zero-order chi connectivity index (χ0) is 15.3. The Morgan fingerprint density at radius 1 is 0.952 bits per heavy atom. The van der Waals surface area contributed by atoms with E-state index in [0.717, 1.165) is 15.6 Å². The van der Waals surface area contributed by atoms with E-state index in [4.69, 9.17) is 0 Å². The lowest BCUT2D eigenvalue weighted by Gasteiger charge is -2.10. The number of rotatable bonds is 5. The Bertz CT molecular complexity index is 584. The molecule has 0 saturated carbocycles. The summed E-state index contributed by atoms with van der Waals surface area (Å²) in [5, 5.41) is 3.23. The van der Waals surface area contributed by atoms with E-state index in [2.05, 4.69) is 26.0 Å². The highest BCUT2D eigenvalue weighted by Gasteiger charge is 2.30. The molecule has 6 heteroatoms. The molecule has 2 rings (SSSR count). The van der Waals surface area contributed by atoms with Crippen molar-refractivity contribution in [1.82, 2.24) is 5.32 Å². The second-order valence-electron chi connectivity index (χ2n) is 4.39. The fraction of sp³-hybridized carbons (Fsp3) is 0.200. The van der Waals surface area contributed by atoms with Crippen LogP contribution < -0.4 is 10.1 Å². The van der Waals surface area contributed by atoms with Crippen LogP contribution in [0.4, 0.5) is 13.2 Å². The maximum absolute atomic E-state index is 12.0. The highest BCUT2D eigenvalue weighted by atomic mass is 79.9. The van der Waals surface area contributed by atoms with E-state index < -0.39 is 6.36 Å². The number of ether oxygens (including phenoxy) is 1. The van der Waals surface area contributed by atoms with Crippen molar-refractivity contribution in [3.8, 4) is 5.75 Å². The van der Waals surface area contributed by atoms with Crippen LogP contribution in [0.2, 0.25) is 0 Å². The van der Waals surface area contributed by atoms with Gasteiger partial charge in [-0.05, 0) is 29.3 Å². The molecule has 0 bridgehead atoms. The van der Waals surface area contributed by atoms with Crippen molar-refractivity contribution in [1.29, 1.82) is 0 Å². The first-order valence-corrected chi connectivity index (χ1v) is 7.02. The molecule has 0 unspecified atom stereocenters. The van der Waals surface area contributed by atoms with Crippen LogP contribution in [-0.2, 0) is 13.1 Å². The first-order valence-electron chi connectivity index (χ1n) is 6.23. The molecule has 0 aromatic heterocycles. The summed E-state index contributed by atoms with van der Waals surface area (Å²) in [7, 11) is 0. The van der Waals surface area contributed by atoms with Gasteiger partial charge in [0, 0.05) is 17.6 Å². The first-order chi connectivity index (χ1) is 9.94. The lowest BCUT2D eigenvalue weighted by Crippen LogP contribution is -2.17. The van der Waals surface area contributed by atoms with E-state index >= 15 is 0 Å². The van der Waals surface area contributed by atoms with Gasteiger partial charge in [-0.1, -0.05) is 46.3 Å². The maximum atomic E-state index is 12.0. The molecule has 0 amide bonds. The van der Waals surface area contributed by atoms with Crippen LogP contribution in [0.1, 0.15) is 11.1 Å². The Morgan fingerprint density at radius 2 is 1.62 bits per heavy atom. The van der Waals surface area contributed by atoms with E-state index in [0.29, 0.717) is 13.1 Å². The molecule has 0 radical (unpaired) electrons. The Kier molecular flexibility index (Phi) is 5.25. The van der Waals surface area contributed by atoms with Crippen LogP contribution in [0.15, 0.2) is 53.0 Å². The molecule has 0 atom stereocenters. The summed E-state index contributed by atoms with van der Waals surface area (Å²) >= 11 is 3.46. The van der Waals surface area contributed by atoms with Crippen molar-refractivity contribution in [2.24, 2.45) is 0 Å². The molecule has 0 aliphatic rings. The average molecular weight is 360 g/mol. The zero-order valence-electron chi connectivity index (χ0n) is 11.0. The number of alkyl halides is 3. The fourth-order valence-electron chi connectivity index (χ4n) is 1.79. The molecule has 0 aliphatic heterocycles. The lowest BCUT2D eigenvalue weighted by molar-refractivity contribution is -0.274. The van der Waals surface area contributed by atoms with Crippen molar-refractivity contribution in [3.05, 3.63) is 64.1 Å². The van der Waals surface area contributed by atoms with Gasteiger partial charge in [0.25, 0.3) is 0 Å². The van der Waals surface area contributed by atoms with Crippen LogP contribution in [-0.4, -0.2) is 6.36 Å². The van der Waals surface area contributed by atoms with Gasteiger partial charge >= 0.3 is 6.36 Å². The molecule has 1 N–H and O–H groups in total. The quantitative estimate of drug-likeness (QED) is 0.839. The minimum absolute atomic E-state index is 0.211. The van der Waals surface area contributed by atoms with Crippen LogP contribution >= 0.6 is 15.9 Å². The monoisotopic (exact) mass is 359 g/mol. The van der Waals surface area contributed by atoms with Crippen molar-refractivity contribution >= 4 is 15.9 Å². The molecule has 0 heterocycles. The van der Waals surface area contributed by atoms with Gasteiger partial charge in [0.05, 0.1) is 0 Å². The Balaban J connectivity index is 1.85. The predicted octanol–water partition coefficient (Wildman–Crippen LogP) is 4.64. The maximum Gasteiger partial charge on any atom is 0.573 e. The molecular formula is C15H13BrF3NO. The molecule has 0 aliphatic carbocycles. The third-order valence-electron chi connectivity index (χ3n) is 2.76. The summed E-state index contributed by atoms with van der Waals surface area (Å²) < 4.78 is 40.9. The number of hydrogen-bond donors (Lipinski definition) is 1. The lowest BCUT2D eigenvalue weighted by atomic mass is 10.2. The summed E-state index contributed by atoms with van der Waals surface area (Å²) in [6, 6.07) is 13.7. The normalized spacial score (nSPS) is 11.4. The van der Waals surface area contributed by atoms with Crippen molar-refractivity contribution in [2.45, 2.75) is 19.5 Å². The Labute approximate surface area is 129 Å². The molecule has 0 saturated heterocycles. The molecule has 112 valence electrons. The number of nitrogens with one attached hydrogen (secondary N) is 1. The topological polar surface area (TPSA) is 21.3 Å². The number of benzene rings is 2. The summed E-state index contributed by atoms with van der Waals surface area (Å²) in [4.78, 5) is 0. The zero-order valence-corrected chi connectivity index (χ0v) is 12.5. The highest BCUT2D eigenvalue weighted by molar-refractivity contribution is 9.10. The summed E-state index contributed by atoms with van der Waals surface area (Å²) in [6.45, 7) is 1.23. The predicted molar refractivity (Wildman–Crippen MR) is 77.8 cm³/mol. The highest BCUT2D eigenvalue weighted by Crippen LogP contribution is 2.22. The molecular weight excluding hydrogens is 347 g/mol. The molecule has 2 aromatic rings. The Morgan fingerprint density at radius 3 is 2.24 bits per heavy atom. The number of halogens is 4. The van der Waals surface area contributed by atoms with E-state index in [1.165, 1.54) is 12.1 Å². The summed E-state index contributed by atoms with van der Waals surface area (Å²) in [6.07, 6.45) is -4.65. The van der Waals surface area contributed by atoms with Gasteiger partial charge in [-0.25, -0.2) is 0 Å². The van der Waals surface area contributed by atoms with E-state index in [1.807, 2.05) is 24.3 Å². The van der Waals surface area contributed by atoms with Crippen molar-refractivity contribution in [3.63, 3.8) is 0 Å². The smallest absolute Gasteiger partial charge is 0.406 e. The SMILES string of the molecule is FC(F)(F)Oc1ccc(CNCc2ccccc2Br)cc1. The van der Waals surface area contributed by atoms with Gasteiger partial charge in [0.15, 0.2) is 0 Å². The number of hydrogen-bond acceptors (Lipinski definition) is 2. The van der Waals surface area contributed by atoms with Crippen LogP contribution in [0, 0.1) is 0 Å². The van der Waals surface area contributed by atoms with Gasteiger partial charge < -0.3 is 10.1 Å². The first kappa shape index (κ1) is 15.9. The van der Waals surface area contributed by atoms with Gasteiger partial charge in [-0.2, -0.15) is 0 Å². The molecule has 0 spiro atoms. The summed E-state index contributed by atoms with van der Waals surface area (Å²) in [5.74, 6) is -0.211. The summed E-state index contributed by atoms with van der Waals surface area (Å²) in [5.41, 5.74) is 2.01. The molecule has 0 fully saturated rings. The van der Waals surface area contributed by atoms with E-state index in [9.17, 15) is 13.2 Å². The van der Waals surface area contributed by atoms with Gasteiger partial charge in [0.1, 0.15) is 5.75 Å². The average Bonchev–Trinajstić information content (AvgIpc) is 2.41.